The van der Waals surface area contributed by atoms with Crippen LogP contribution in [0, 0.1) is 22.3 Å². The first kappa shape index (κ1) is 143. The summed E-state index contributed by atoms with van der Waals surface area (Å²) in [4.78, 5) is 0. The van der Waals surface area contributed by atoms with Crippen LogP contribution < -0.4 is 0 Å². The maximum absolute atomic E-state index is 0. The minimum absolute atomic E-state index is 0. The van der Waals surface area contributed by atoms with Crippen molar-refractivity contribution in [2.24, 2.45) is 0 Å². The molecule has 0 unspecified atom stereocenters. The molecule has 0 aromatic rings. The van der Waals surface area contributed by atoms with Gasteiger partial charge in [-0.3, -0.25) is 0 Å². The van der Waals surface area contributed by atoms with Crippen molar-refractivity contribution in [2.45, 2.75) is 0 Å². The molecule has 0 saturated carbocycles. The summed E-state index contributed by atoms with van der Waals surface area (Å²) in [5.74, 6) is 0. The molecule has 0 spiro atoms. The van der Waals surface area contributed by atoms with Gasteiger partial charge in [-0.2, -0.15) is 0 Å². The predicted octanol–water partition coefficient (Wildman–Crippen LogP) is 1.35. The van der Waals surface area contributed by atoms with Crippen molar-refractivity contribution in [2.75, 3.05) is 0 Å². The Morgan fingerprint density at radius 2 is 0.500 bits per heavy atom. The molecule has 0 radical (unpaired) electrons. The van der Waals surface area contributed by atoms with Crippen LogP contribution in [-0.2, 0) is 20.4 Å². The van der Waals surface area contributed by atoms with Crippen molar-refractivity contribution in [1.29, 1.82) is 0 Å². The van der Waals surface area contributed by atoms with E-state index in [1.54, 1.807) is 0 Å². The molecule has 0 fully saturated rings. The Bertz CT molecular complexity index is 3.25. The molecule has 0 bridgehead atoms. The molecular formula is C3H9Pd-3. The van der Waals surface area contributed by atoms with Crippen LogP contribution in [-0.4, -0.2) is 0 Å². The molecule has 0 aliphatic heterocycles. The fraction of sp³-hybridized carbons (Fsp3) is 0. The van der Waals surface area contributed by atoms with Gasteiger partial charge in [0.2, 0.25) is 0 Å². The summed E-state index contributed by atoms with van der Waals surface area (Å²) in [5.41, 5.74) is 0. The zero-order chi connectivity index (χ0) is 0. The predicted molar refractivity (Wildman–Crippen MR) is 19.2 cm³/mol. The van der Waals surface area contributed by atoms with Crippen molar-refractivity contribution >= 4 is 0 Å². The maximum Gasteiger partial charge on any atom is 0 e. The van der Waals surface area contributed by atoms with E-state index in [2.05, 4.69) is 0 Å². The van der Waals surface area contributed by atoms with Crippen LogP contribution in [0.5, 0.6) is 0 Å². The first-order valence-corrected chi connectivity index (χ1v) is 0. The smallest absolute Gasteiger partial charge is 0 e. The molecule has 34 valence electrons. The average molecular weight is 152 g/mol. The zero-order valence-corrected chi connectivity index (χ0v) is 4.87. The Morgan fingerprint density at radius 1 is 0.500 bits per heavy atom. The van der Waals surface area contributed by atoms with Gasteiger partial charge in [0.1, 0.15) is 0 Å². The van der Waals surface area contributed by atoms with E-state index in [1.807, 2.05) is 0 Å². The third kappa shape index (κ3) is 16.8. The van der Waals surface area contributed by atoms with Gasteiger partial charge < -0.3 is 22.3 Å². The summed E-state index contributed by atoms with van der Waals surface area (Å²) in [5, 5.41) is 0. The minimum Gasteiger partial charge on any atom is -0.358 e. The van der Waals surface area contributed by atoms with Gasteiger partial charge in [-0.05, 0) is 0 Å². The van der Waals surface area contributed by atoms with E-state index in [9.17, 15) is 0 Å². The molecule has 0 aliphatic rings. The van der Waals surface area contributed by atoms with Crippen molar-refractivity contribution < 1.29 is 20.4 Å². The van der Waals surface area contributed by atoms with E-state index in [-0.39, 0.29) is 42.7 Å². The summed E-state index contributed by atoms with van der Waals surface area (Å²) < 4.78 is 0. The fourth-order valence-electron chi connectivity index (χ4n) is 0. The SMILES string of the molecule is [CH3-].[CH3-].[CH3-].[Pd]. The molecule has 0 N–H and O–H groups in total. The summed E-state index contributed by atoms with van der Waals surface area (Å²) in [7, 11) is 0. The molecule has 1 heteroatoms. The number of hydrogen-bond acceptors (Lipinski definition) is 0. The van der Waals surface area contributed by atoms with Crippen molar-refractivity contribution in [3.63, 3.8) is 0 Å². The minimum atomic E-state index is 0. The molecule has 0 aromatic heterocycles. The molecule has 0 heterocycles. The van der Waals surface area contributed by atoms with E-state index in [0.717, 1.165) is 0 Å². The maximum atomic E-state index is 0. The third-order valence-electron chi connectivity index (χ3n) is 0. The van der Waals surface area contributed by atoms with Gasteiger partial charge in [-0.25, -0.2) is 0 Å². The van der Waals surface area contributed by atoms with Crippen molar-refractivity contribution in [1.82, 2.24) is 0 Å². The number of rotatable bonds is 0. The molecule has 0 saturated heterocycles. The van der Waals surface area contributed by atoms with E-state index in [0.29, 0.717) is 0 Å². The largest absolute Gasteiger partial charge is 0.358 e. The zero-order valence-electron chi connectivity index (χ0n) is 3.32. The Kier molecular flexibility index (Phi) is 2110. The van der Waals surface area contributed by atoms with Gasteiger partial charge in [-0.1, -0.05) is 0 Å². The topological polar surface area (TPSA) is 0 Å². The van der Waals surface area contributed by atoms with Crippen molar-refractivity contribution in [3.05, 3.63) is 22.3 Å². The van der Waals surface area contributed by atoms with Gasteiger partial charge in [0.05, 0.1) is 0 Å². The second-order valence-electron chi connectivity index (χ2n) is 0. The third-order valence-corrected chi connectivity index (χ3v) is 0. The van der Waals surface area contributed by atoms with Gasteiger partial charge in [0.15, 0.2) is 0 Å². The Hall–Kier alpha value is 0.662. The molecule has 0 aliphatic carbocycles. The molecule has 0 nitrogen and oxygen atoms in total. The van der Waals surface area contributed by atoms with E-state index < -0.39 is 0 Å². The van der Waals surface area contributed by atoms with Crippen LogP contribution in [0.25, 0.3) is 0 Å². The molecule has 4 heavy (non-hydrogen) atoms. The molecule has 0 aromatic carbocycles. The summed E-state index contributed by atoms with van der Waals surface area (Å²) in [6.45, 7) is 0. The molecule has 0 amide bonds. The summed E-state index contributed by atoms with van der Waals surface area (Å²) in [6, 6.07) is 0. The Morgan fingerprint density at radius 3 is 0.500 bits per heavy atom. The monoisotopic (exact) mass is 151 g/mol. The normalized spacial score (nSPS) is 0. The first-order valence-electron chi connectivity index (χ1n) is 0. The van der Waals surface area contributed by atoms with Crippen LogP contribution in [0.2, 0.25) is 0 Å². The van der Waals surface area contributed by atoms with Crippen molar-refractivity contribution in [3.8, 4) is 0 Å². The van der Waals surface area contributed by atoms with Crippen LogP contribution in [0.3, 0.4) is 0 Å². The average Bonchev–Trinajstić information content (AvgIpc) is 0. The van der Waals surface area contributed by atoms with Gasteiger partial charge in [0, 0.05) is 20.4 Å². The standard InChI is InChI=1S/3CH3.Pd/h3*1H3;/q3*-1;. The second kappa shape index (κ2) is 59.2. The first-order chi connectivity index (χ1) is 0. The Labute approximate surface area is 43.3 Å². The van der Waals surface area contributed by atoms with Gasteiger partial charge >= 0.3 is 0 Å². The summed E-state index contributed by atoms with van der Waals surface area (Å²) >= 11 is 0. The van der Waals surface area contributed by atoms with E-state index in [4.69, 9.17) is 0 Å². The fourth-order valence-corrected chi connectivity index (χ4v) is 0. The van der Waals surface area contributed by atoms with Gasteiger partial charge in [0.25, 0.3) is 0 Å². The molecule has 0 rings (SSSR count). The van der Waals surface area contributed by atoms with Crippen LogP contribution >= 0.6 is 0 Å². The van der Waals surface area contributed by atoms with E-state index in [1.165, 1.54) is 0 Å². The molecule has 0 atom stereocenters. The Balaban J connectivity index is 0. The van der Waals surface area contributed by atoms with E-state index >= 15 is 0 Å². The van der Waals surface area contributed by atoms with Crippen LogP contribution in [0.1, 0.15) is 0 Å². The van der Waals surface area contributed by atoms with Crippen LogP contribution in [0.4, 0.5) is 0 Å². The summed E-state index contributed by atoms with van der Waals surface area (Å²) in [6.07, 6.45) is 0. The van der Waals surface area contributed by atoms with Gasteiger partial charge in [-0.15, -0.1) is 0 Å². The quantitative estimate of drug-likeness (QED) is 0.362. The second-order valence-corrected chi connectivity index (χ2v) is 0. The molecular weight excluding hydrogens is 142 g/mol. The van der Waals surface area contributed by atoms with Crippen LogP contribution in [0.15, 0.2) is 0 Å². The number of hydrogen-bond donors (Lipinski definition) is 0.